The molecule has 1 aromatic heterocycles. The number of carbonyl (C=O) groups is 1. The third-order valence-corrected chi connectivity index (χ3v) is 3.53. The van der Waals surface area contributed by atoms with Crippen LogP contribution in [0.15, 0.2) is 48.8 Å². The fourth-order valence-corrected chi connectivity index (χ4v) is 2.17. The van der Waals surface area contributed by atoms with Crippen LogP contribution < -0.4 is 10.1 Å². The molecule has 0 saturated carbocycles. The van der Waals surface area contributed by atoms with Crippen LogP contribution in [0.1, 0.15) is 12.5 Å². The summed E-state index contributed by atoms with van der Waals surface area (Å²) in [7, 11) is 1.82. The average Bonchev–Trinajstić information content (AvgIpc) is 2.59. The molecule has 2 rings (SSSR count). The smallest absolute Gasteiger partial charge is 0.241 e. The van der Waals surface area contributed by atoms with Gasteiger partial charge in [-0.05, 0) is 43.2 Å². The number of para-hydroxylation sites is 2. The molecule has 0 saturated heterocycles. The topological polar surface area (TPSA) is 54.5 Å². The van der Waals surface area contributed by atoms with Crippen LogP contribution in [0.2, 0.25) is 0 Å². The summed E-state index contributed by atoms with van der Waals surface area (Å²) in [6, 6.07) is 11.6. The summed E-state index contributed by atoms with van der Waals surface area (Å²) in [5.74, 6) is 0.813. The molecule has 0 aliphatic carbocycles. The number of amides is 1. The van der Waals surface area contributed by atoms with Crippen molar-refractivity contribution in [1.29, 1.82) is 0 Å². The van der Waals surface area contributed by atoms with Crippen LogP contribution in [0.25, 0.3) is 0 Å². The lowest BCUT2D eigenvalue weighted by Crippen LogP contribution is -2.33. The van der Waals surface area contributed by atoms with Crippen molar-refractivity contribution >= 4 is 11.6 Å². The van der Waals surface area contributed by atoms with Gasteiger partial charge in [-0.1, -0.05) is 12.1 Å². The minimum Gasteiger partial charge on any atom is -0.492 e. The quantitative estimate of drug-likeness (QED) is 0.814. The van der Waals surface area contributed by atoms with Crippen molar-refractivity contribution in [2.75, 3.05) is 32.1 Å². The summed E-state index contributed by atoms with van der Waals surface area (Å²) in [6.45, 7) is 3.46. The number of rotatable bonds is 8. The van der Waals surface area contributed by atoms with Crippen molar-refractivity contribution in [2.45, 2.75) is 13.3 Å². The van der Waals surface area contributed by atoms with Gasteiger partial charge in [0.15, 0.2) is 0 Å². The molecule has 5 heteroatoms. The van der Waals surface area contributed by atoms with Crippen molar-refractivity contribution < 1.29 is 9.53 Å². The van der Waals surface area contributed by atoms with Crippen molar-refractivity contribution in [3.05, 3.63) is 54.4 Å². The molecule has 1 amide bonds. The Labute approximate surface area is 137 Å². The lowest BCUT2D eigenvalue weighted by atomic mass is 10.2. The zero-order valence-electron chi connectivity index (χ0n) is 13.7. The van der Waals surface area contributed by atoms with E-state index in [9.17, 15) is 4.79 Å². The van der Waals surface area contributed by atoms with Gasteiger partial charge in [0, 0.05) is 26.0 Å². The number of likely N-dealkylation sites (N-methyl/N-ethyl adjacent to an activating group) is 1. The van der Waals surface area contributed by atoms with Gasteiger partial charge in [0.05, 0.1) is 18.8 Å². The number of carbonyl (C=O) groups excluding carboxylic acids is 1. The molecule has 0 atom stereocenters. The SMILES string of the molecule is CCOc1ccccc1NCC(=O)N(C)CCc1ccncc1. The Kier molecular flexibility index (Phi) is 6.41. The highest BCUT2D eigenvalue weighted by atomic mass is 16.5. The van der Waals surface area contributed by atoms with Gasteiger partial charge in [0.25, 0.3) is 0 Å². The third kappa shape index (κ3) is 5.29. The third-order valence-electron chi connectivity index (χ3n) is 3.53. The molecule has 23 heavy (non-hydrogen) atoms. The number of anilines is 1. The van der Waals surface area contributed by atoms with Crippen LogP contribution in [0.4, 0.5) is 5.69 Å². The minimum atomic E-state index is 0.0466. The first-order valence-electron chi connectivity index (χ1n) is 7.79. The molecule has 0 aliphatic rings. The molecule has 122 valence electrons. The van der Waals surface area contributed by atoms with Crippen LogP contribution in [-0.2, 0) is 11.2 Å². The van der Waals surface area contributed by atoms with E-state index in [1.54, 1.807) is 17.3 Å². The molecule has 2 aromatic rings. The van der Waals surface area contributed by atoms with Crippen LogP contribution in [0, 0.1) is 0 Å². The Bertz CT molecular complexity index is 617. The van der Waals surface area contributed by atoms with Gasteiger partial charge in [-0.2, -0.15) is 0 Å². The van der Waals surface area contributed by atoms with Crippen molar-refractivity contribution in [3.63, 3.8) is 0 Å². The van der Waals surface area contributed by atoms with E-state index < -0.39 is 0 Å². The highest BCUT2D eigenvalue weighted by Gasteiger charge is 2.10. The first-order valence-corrected chi connectivity index (χ1v) is 7.79. The summed E-state index contributed by atoms with van der Waals surface area (Å²) >= 11 is 0. The fraction of sp³-hybridized carbons (Fsp3) is 0.333. The van der Waals surface area contributed by atoms with Gasteiger partial charge in [-0.15, -0.1) is 0 Å². The molecule has 0 radical (unpaired) electrons. The van der Waals surface area contributed by atoms with E-state index in [2.05, 4.69) is 10.3 Å². The second kappa shape index (κ2) is 8.78. The van der Waals surface area contributed by atoms with E-state index in [0.717, 1.165) is 17.9 Å². The second-order valence-electron chi connectivity index (χ2n) is 5.20. The molecule has 0 spiro atoms. The van der Waals surface area contributed by atoms with Gasteiger partial charge < -0.3 is 15.0 Å². The highest BCUT2D eigenvalue weighted by Crippen LogP contribution is 2.23. The molecule has 5 nitrogen and oxygen atoms in total. The van der Waals surface area contributed by atoms with Crippen molar-refractivity contribution in [1.82, 2.24) is 9.88 Å². The summed E-state index contributed by atoms with van der Waals surface area (Å²) in [6.07, 6.45) is 4.35. The predicted octanol–water partition coefficient (Wildman–Crippen LogP) is 2.59. The van der Waals surface area contributed by atoms with Crippen LogP contribution in [0.3, 0.4) is 0 Å². The number of ether oxygens (including phenoxy) is 1. The summed E-state index contributed by atoms with van der Waals surface area (Å²) in [4.78, 5) is 17.9. The summed E-state index contributed by atoms with van der Waals surface area (Å²) in [5, 5.41) is 3.15. The maximum absolute atomic E-state index is 12.2. The van der Waals surface area contributed by atoms with E-state index in [0.29, 0.717) is 13.2 Å². The van der Waals surface area contributed by atoms with Gasteiger partial charge in [0.2, 0.25) is 5.91 Å². The monoisotopic (exact) mass is 313 g/mol. The maximum atomic E-state index is 12.2. The van der Waals surface area contributed by atoms with E-state index in [-0.39, 0.29) is 12.5 Å². The number of pyridine rings is 1. The Hall–Kier alpha value is -2.56. The number of nitrogens with one attached hydrogen (secondary N) is 1. The van der Waals surface area contributed by atoms with E-state index >= 15 is 0 Å². The average molecular weight is 313 g/mol. The van der Waals surface area contributed by atoms with Crippen LogP contribution in [-0.4, -0.2) is 42.5 Å². The zero-order valence-corrected chi connectivity index (χ0v) is 13.7. The van der Waals surface area contributed by atoms with Gasteiger partial charge in [0.1, 0.15) is 5.75 Å². The molecule has 0 bridgehead atoms. The Morgan fingerprint density at radius 2 is 1.96 bits per heavy atom. The number of aromatic nitrogens is 1. The Morgan fingerprint density at radius 1 is 1.22 bits per heavy atom. The standard InChI is InChI=1S/C18H23N3O2/c1-3-23-17-7-5-4-6-16(17)20-14-18(22)21(2)13-10-15-8-11-19-12-9-15/h4-9,11-12,20H,3,10,13-14H2,1-2H3. The van der Waals surface area contributed by atoms with E-state index in [4.69, 9.17) is 4.74 Å². The molecule has 1 heterocycles. The second-order valence-corrected chi connectivity index (χ2v) is 5.20. The molecule has 0 fully saturated rings. The fourth-order valence-electron chi connectivity index (χ4n) is 2.17. The zero-order chi connectivity index (χ0) is 16.5. The van der Waals surface area contributed by atoms with E-state index in [1.165, 1.54) is 5.56 Å². The largest absolute Gasteiger partial charge is 0.492 e. The summed E-state index contributed by atoms with van der Waals surface area (Å²) < 4.78 is 5.54. The van der Waals surface area contributed by atoms with Crippen molar-refractivity contribution in [2.24, 2.45) is 0 Å². The van der Waals surface area contributed by atoms with Gasteiger partial charge >= 0.3 is 0 Å². The number of hydrogen-bond donors (Lipinski definition) is 1. The maximum Gasteiger partial charge on any atom is 0.241 e. The number of hydrogen-bond acceptors (Lipinski definition) is 4. The molecule has 0 aliphatic heterocycles. The Morgan fingerprint density at radius 3 is 2.70 bits per heavy atom. The number of nitrogens with zero attached hydrogens (tertiary/aromatic N) is 2. The molecule has 1 N–H and O–H groups in total. The molecular formula is C18H23N3O2. The molecule has 0 unspecified atom stereocenters. The van der Waals surface area contributed by atoms with Gasteiger partial charge in [-0.3, -0.25) is 9.78 Å². The highest BCUT2D eigenvalue weighted by molar-refractivity contribution is 5.81. The molecular weight excluding hydrogens is 290 g/mol. The van der Waals surface area contributed by atoms with Crippen LogP contribution in [0.5, 0.6) is 5.75 Å². The first-order chi connectivity index (χ1) is 11.2. The van der Waals surface area contributed by atoms with Crippen LogP contribution >= 0.6 is 0 Å². The lowest BCUT2D eigenvalue weighted by molar-refractivity contribution is -0.127. The number of benzene rings is 1. The van der Waals surface area contributed by atoms with Crippen molar-refractivity contribution in [3.8, 4) is 5.75 Å². The molecule has 1 aromatic carbocycles. The lowest BCUT2D eigenvalue weighted by Gasteiger charge is -2.18. The normalized spacial score (nSPS) is 10.2. The summed E-state index contributed by atoms with van der Waals surface area (Å²) in [5.41, 5.74) is 2.01. The predicted molar refractivity (Wildman–Crippen MR) is 91.7 cm³/mol. The van der Waals surface area contributed by atoms with E-state index in [1.807, 2.05) is 50.4 Å². The van der Waals surface area contributed by atoms with Gasteiger partial charge in [-0.25, -0.2) is 0 Å². The Balaban J connectivity index is 1.82. The minimum absolute atomic E-state index is 0.0466. The first kappa shape index (κ1) is 16.8.